The Hall–Kier alpha value is -2.08. The van der Waals surface area contributed by atoms with Gasteiger partial charge in [0.05, 0.1) is 0 Å². The number of amides is 2. The molecule has 0 spiro atoms. The summed E-state index contributed by atoms with van der Waals surface area (Å²) in [5.41, 5.74) is 11.4. The number of ether oxygens (including phenoxy) is 1. The monoisotopic (exact) mass is 279 g/mol. The van der Waals surface area contributed by atoms with Gasteiger partial charge in [-0.25, -0.2) is 0 Å². The van der Waals surface area contributed by atoms with Crippen LogP contribution in [0.5, 0.6) is 5.75 Å². The van der Waals surface area contributed by atoms with E-state index in [0.29, 0.717) is 11.4 Å². The van der Waals surface area contributed by atoms with Gasteiger partial charge in [0.2, 0.25) is 5.91 Å². The molecule has 0 heterocycles. The second kappa shape index (κ2) is 7.49. The molecule has 1 aromatic carbocycles. The molecule has 110 valence electrons. The van der Waals surface area contributed by atoms with Gasteiger partial charge in [-0.2, -0.15) is 0 Å². The summed E-state index contributed by atoms with van der Waals surface area (Å²) in [5, 5.41) is 2.74. The molecule has 0 aromatic heterocycles. The fourth-order valence-electron chi connectivity index (χ4n) is 1.48. The van der Waals surface area contributed by atoms with Crippen LogP contribution in [0, 0.1) is 5.92 Å². The zero-order chi connectivity index (χ0) is 15.1. The fraction of sp³-hybridized carbons (Fsp3) is 0.429. The average Bonchev–Trinajstić information content (AvgIpc) is 2.36. The van der Waals surface area contributed by atoms with Gasteiger partial charge in [-0.15, -0.1) is 0 Å². The van der Waals surface area contributed by atoms with E-state index in [1.165, 1.54) is 0 Å². The first-order chi connectivity index (χ1) is 9.38. The van der Waals surface area contributed by atoms with E-state index in [2.05, 4.69) is 5.32 Å². The van der Waals surface area contributed by atoms with Crippen molar-refractivity contribution in [3.8, 4) is 5.75 Å². The van der Waals surface area contributed by atoms with Gasteiger partial charge in [-0.05, 0) is 18.1 Å². The lowest BCUT2D eigenvalue weighted by Gasteiger charge is -2.15. The van der Waals surface area contributed by atoms with Crippen LogP contribution in [0.25, 0.3) is 0 Å². The van der Waals surface area contributed by atoms with Crippen LogP contribution in [0.2, 0.25) is 0 Å². The Balaban J connectivity index is 2.57. The van der Waals surface area contributed by atoms with Gasteiger partial charge in [0.1, 0.15) is 5.75 Å². The molecule has 0 aliphatic heterocycles. The quantitative estimate of drug-likeness (QED) is 0.688. The van der Waals surface area contributed by atoms with Crippen molar-refractivity contribution < 1.29 is 14.3 Å². The van der Waals surface area contributed by atoms with Gasteiger partial charge >= 0.3 is 0 Å². The van der Waals surface area contributed by atoms with Crippen LogP contribution < -0.4 is 21.5 Å². The van der Waals surface area contributed by atoms with Crippen molar-refractivity contribution in [1.29, 1.82) is 0 Å². The van der Waals surface area contributed by atoms with Crippen LogP contribution in [-0.4, -0.2) is 24.5 Å². The molecule has 0 bridgehead atoms. The third-order valence-electron chi connectivity index (χ3n) is 2.78. The van der Waals surface area contributed by atoms with Crippen molar-refractivity contribution in [2.24, 2.45) is 17.4 Å². The van der Waals surface area contributed by atoms with Crippen molar-refractivity contribution in [1.82, 2.24) is 0 Å². The summed E-state index contributed by atoms with van der Waals surface area (Å²) in [6.07, 6.45) is 0.254. The fourth-order valence-corrected chi connectivity index (χ4v) is 1.48. The number of rotatable bonds is 7. The summed E-state index contributed by atoms with van der Waals surface area (Å²) in [5.74, 6) is 0.00124. The first-order valence-electron chi connectivity index (χ1n) is 6.45. The van der Waals surface area contributed by atoms with Crippen LogP contribution in [0.15, 0.2) is 24.3 Å². The molecule has 0 aliphatic carbocycles. The minimum Gasteiger partial charge on any atom is -0.484 e. The number of hydrogen-bond donors (Lipinski definition) is 3. The van der Waals surface area contributed by atoms with Crippen LogP contribution >= 0.6 is 0 Å². The first kappa shape index (κ1) is 16.0. The van der Waals surface area contributed by atoms with Gasteiger partial charge in [0.25, 0.3) is 5.91 Å². The number of anilines is 1. The molecular weight excluding hydrogens is 258 g/mol. The third kappa shape index (κ3) is 5.71. The minimum atomic E-state index is -0.553. The number of carbonyl (C=O) groups is 2. The molecule has 1 rings (SSSR count). The Morgan fingerprint density at radius 1 is 1.35 bits per heavy atom. The standard InChI is InChI=1S/C14H21N3O3/c1-9(2)12(15)7-14(19)17-10-4-3-5-11(6-10)20-8-13(16)18/h3-6,9,12H,7-8,15H2,1-2H3,(H2,16,18)(H,17,19). The molecule has 0 saturated heterocycles. The van der Waals surface area contributed by atoms with Gasteiger partial charge in [-0.3, -0.25) is 9.59 Å². The normalized spacial score (nSPS) is 12.0. The number of carbonyl (C=O) groups excluding carboxylic acids is 2. The van der Waals surface area contributed by atoms with E-state index in [-0.39, 0.29) is 30.9 Å². The Morgan fingerprint density at radius 2 is 2.05 bits per heavy atom. The summed E-state index contributed by atoms with van der Waals surface area (Å²) in [7, 11) is 0. The molecule has 0 fully saturated rings. The smallest absolute Gasteiger partial charge is 0.255 e. The second-order valence-electron chi connectivity index (χ2n) is 4.94. The number of hydrogen-bond acceptors (Lipinski definition) is 4. The predicted octanol–water partition coefficient (Wildman–Crippen LogP) is 0.863. The molecule has 1 atom stereocenters. The molecule has 5 N–H and O–H groups in total. The highest BCUT2D eigenvalue weighted by Crippen LogP contribution is 2.17. The Bertz CT molecular complexity index is 474. The van der Waals surface area contributed by atoms with E-state index >= 15 is 0 Å². The Morgan fingerprint density at radius 3 is 2.65 bits per heavy atom. The lowest BCUT2D eigenvalue weighted by Crippen LogP contribution is -2.31. The summed E-state index contributed by atoms with van der Waals surface area (Å²) in [4.78, 5) is 22.4. The number of nitrogens with one attached hydrogen (secondary N) is 1. The lowest BCUT2D eigenvalue weighted by atomic mass is 10.0. The number of nitrogens with two attached hydrogens (primary N) is 2. The van der Waals surface area contributed by atoms with Crippen molar-refractivity contribution in [2.45, 2.75) is 26.3 Å². The van der Waals surface area contributed by atoms with Crippen molar-refractivity contribution in [3.05, 3.63) is 24.3 Å². The van der Waals surface area contributed by atoms with E-state index in [4.69, 9.17) is 16.2 Å². The van der Waals surface area contributed by atoms with Crippen LogP contribution in [0.1, 0.15) is 20.3 Å². The molecule has 0 radical (unpaired) electrons. The van der Waals surface area contributed by atoms with Crippen molar-refractivity contribution >= 4 is 17.5 Å². The van der Waals surface area contributed by atoms with E-state index in [1.807, 2.05) is 13.8 Å². The van der Waals surface area contributed by atoms with E-state index in [0.717, 1.165) is 0 Å². The largest absolute Gasteiger partial charge is 0.484 e. The molecule has 6 nitrogen and oxygen atoms in total. The maximum Gasteiger partial charge on any atom is 0.255 e. The minimum absolute atomic E-state index is 0.154. The summed E-state index contributed by atoms with van der Waals surface area (Å²) in [6.45, 7) is 3.74. The highest BCUT2D eigenvalue weighted by atomic mass is 16.5. The Kier molecular flexibility index (Phi) is 5.99. The maximum atomic E-state index is 11.8. The lowest BCUT2D eigenvalue weighted by molar-refractivity contribution is -0.120. The predicted molar refractivity (Wildman–Crippen MR) is 77.2 cm³/mol. The molecule has 1 aromatic rings. The molecule has 1 unspecified atom stereocenters. The summed E-state index contributed by atoms with van der Waals surface area (Å²) < 4.78 is 5.16. The summed E-state index contributed by atoms with van der Waals surface area (Å²) >= 11 is 0. The molecule has 6 heteroatoms. The molecule has 2 amide bonds. The second-order valence-corrected chi connectivity index (χ2v) is 4.94. The van der Waals surface area contributed by atoms with Crippen LogP contribution in [0.4, 0.5) is 5.69 Å². The summed E-state index contributed by atoms with van der Waals surface area (Å²) in [6, 6.07) is 6.58. The highest BCUT2D eigenvalue weighted by Gasteiger charge is 2.13. The van der Waals surface area contributed by atoms with Crippen molar-refractivity contribution in [3.63, 3.8) is 0 Å². The third-order valence-corrected chi connectivity index (χ3v) is 2.78. The topological polar surface area (TPSA) is 107 Å². The highest BCUT2D eigenvalue weighted by molar-refractivity contribution is 5.91. The van der Waals surface area contributed by atoms with E-state index in [1.54, 1.807) is 24.3 Å². The number of primary amides is 1. The zero-order valence-electron chi connectivity index (χ0n) is 11.8. The van der Waals surface area contributed by atoms with Crippen molar-refractivity contribution in [2.75, 3.05) is 11.9 Å². The van der Waals surface area contributed by atoms with Gasteiger partial charge < -0.3 is 21.5 Å². The van der Waals surface area contributed by atoms with E-state index < -0.39 is 5.91 Å². The van der Waals surface area contributed by atoms with Gasteiger partial charge in [0, 0.05) is 24.2 Å². The average molecular weight is 279 g/mol. The SMILES string of the molecule is CC(C)C(N)CC(=O)Nc1cccc(OCC(N)=O)c1. The van der Waals surface area contributed by atoms with Crippen LogP contribution in [0.3, 0.4) is 0 Å². The Labute approximate surface area is 118 Å². The molecular formula is C14H21N3O3. The van der Waals surface area contributed by atoms with Crippen LogP contribution in [-0.2, 0) is 9.59 Å². The molecule has 0 aliphatic rings. The van der Waals surface area contributed by atoms with E-state index in [9.17, 15) is 9.59 Å². The zero-order valence-corrected chi connectivity index (χ0v) is 11.8. The van der Waals surface area contributed by atoms with Gasteiger partial charge in [0.15, 0.2) is 6.61 Å². The maximum absolute atomic E-state index is 11.8. The number of benzene rings is 1. The van der Waals surface area contributed by atoms with Gasteiger partial charge in [-0.1, -0.05) is 19.9 Å². The first-order valence-corrected chi connectivity index (χ1v) is 6.45. The molecule has 20 heavy (non-hydrogen) atoms. The molecule has 0 saturated carbocycles.